The Labute approximate surface area is 87.0 Å². The van der Waals surface area contributed by atoms with Crippen LogP contribution in [0.2, 0.25) is 0 Å². The number of rotatable bonds is 2. The zero-order valence-electron chi connectivity index (χ0n) is 8.17. The number of hydrogen-bond acceptors (Lipinski definition) is 5. The van der Waals surface area contributed by atoms with Crippen LogP contribution >= 0.6 is 0 Å². The average Bonchev–Trinajstić information content (AvgIpc) is 2.39. The van der Waals surface area contributed by atoms with E-state index in [0.29, 0.717) is 0 Å². The Morgan fingerprint density at radius 3 is 2.60 bits per heavy atom. The molecule has 0 aromatic rings. The van der Waals surface area contributed by atoms with Crippen LogP contribution in [0.3, 0.4) is 0 Å². The predicted octanol–water partition coefficient (Wildman–Crippen LogP) is -0.0723. The number of likely N-dealkylation sites (N-methyl/N-ethyl adjacent to an activating group) is 1. The zero-order valence-corrected chi connectivity index (χ0v) is 8.98. The van der Waals surface area contributed by atoms with Crippen molar-refractivity contribution >= 4 is 22.3 Å². The van der Waals surface area contributed by atoms with Gasteiger partial charge in [-0.1, -0.05) is 6.08 Å². The number of amides is 1. The van der Waals surface area contributed by atoms with Crippen LogP contribution in [0.1, 0.15) is 13.8 Å². The normalized spacial score (nSPS) is 19.7. The standard InChI is InChI=1S/C7H10N2O5S/c1-3-5-6(10)9(4-2)7(8-5)14-15(11,12)13/h3H,4H2,1-2H3,(H,11,12,13)/b5-3-. The molecule has 84 valence electrons. The summed E-state index contributed by atoms with van der Waals surface area (Å²) in [4.78, 5) is 16.1. The van der Waals surface area contributed by atoms with Crippen molar-refractivity contribution in [3.8, 4) is 0 Å². The van der Waals surface area contributed by atoms with Gasteiger partial charge in [0.1, 0.15) is 5.70 Å². The van der Waals surface area contributed by atoms with Gasteiger partial charge in [0.15, 0.2) is 0 Å². The minimum atomic E-state index is -4.66. The first-order valence-electron chi connectivity index (χ1n) is 4.12. The van der Waals surface area contributed by atoms with Gasteiger partial charge in [-0.15, -0.1) is 0 Å². The fraction of sp³-hybridized carbons (Fsp3) is 0.429. The Morgan fingerprint density at radius 1 is 1.60 bits per heavy atom. The molecule has 0 spiro atoms. The van der Waals surface area contributed by atoms with Gasteiger partial charge in [0.2, 0.25) is 0 Å². The van der Waals surface area contributed by atoms with E-state index in [4.69, 9.17) is 4.55 Å². The van der Waals surface area contributed by atoms with E-state index in [1.807, 2.05) is 0 Å². The van der Waals surface area contributed by atoms with Gasteiger partial charge in [0, 0.05) is 6.54 Å². The maximum Gasteiger partial charge on any atom is 0.449 e. The summed E-state index contributed by atoms with van der Waals surface area (Å²) in [5.41, 5.74) is 0.0792. The van der Waals surface area contributed by atoms with E-state index in [1.54, 1.807) is 13.8 Å². The van der Waals surface area contributed by atoms with Gasteiger partial charge in [-0.2, -0.15) is 13.4 Å². The molecule has 0 bridgehead atoms. The molecule has 1 aliphatic rings. The largest absolute Gasteiger partial charge is 0.449 e. The summed E-state index contributed by atoms with van der Waals surface area (Å²) in [5, 5.41) is 0. The second kappa shape index (κ2) is 3.99. The smallest absolute Gasteiger partial charge is 0.324 e. The van der Waals surface area contributed by atoms with Gasteiger partial charge in [-0.25, -0.2) is 0 Å². The second-order valence-corrected chi connectivity index (χ2v) is 3.65. The lowest BCUT2D eigenvalue weighted by atomic mass is 10.4. The van der Waals surface area contributed by atoms with Crippen molar-refractivity contribution in [1.29, 1.82) is 0 Å². The first-order chi connectivity index (χ1) is 6.89. The molecule has 0 atom stereocenters. The molecule has 0 radical (unpaired) electrons. The van der Waals surface area contributed by atoms with Gasteiger partial charge in [0.05, 0.1) is 0 Å². The van der Waals surface area contributed by atoms with E-state index in [1.165, 1.54) is 6.08 Å². The Bertz CT molecular complexity index is 436. The molecule has 0 unspecified atom stereocenters. The first-order valence-corrected chi connectivity index (χ1v) is 5.49. The lowest BCUT2D eigenvalue weighted by Gasteiger charge is -2.13. The van der Waals surface area contributed by atoms with Crippen LogP contribution in [0, 0.1) is 0 Å². The molecule has 0 aliphatic carbocycles. The number of aliphatic imine (C=N–C) groups is 1. The van der Waals surface area contributed by atoms with Crippen molar-refractivity contribution in [2.45, 2.75) is 13.8 Å². The van der Waals surface area contributed by atoms with Crippen LogP contribution in [-0.4, -0.2) is 36.3 Å². The van der Waals surface area contributed by atoms with Gasteiger partial charge in [0.25, 0.3) is 5.91 Å². The van der Waals surface area contributed by atoms with Crippen LogP contribution < -0.4 is 0 Å². The minimum Gasteiger partial charge on any atom is -0.324 e. The maximum absolute atomic E-state index is 11.5. The summed E-state index contributed by atoms with van der Waals surface area (Å²) in [6.45, 7) is 3.41. The molecule has 0 saturated carbocycles. The van der Waals surface area contributed by atoms with Crippen LogP contribution in [0.5, 0.6) is 0 Å². The van der Waals surface area contributed by atoms with Crippen molar-refractivity contribution in [2.24, 2.45) is 4.99 Å². The predicted molar refractivity (Wildman–Crippen MR) is 51.2 cm³/mol. The molecule has 1 aliphatic heterocycles. The summed E-state index contributed by atoms with van der Waals surface area (Å²) in [5.74, 6) is -0.460. The van der Waals surface area contributed by atoms with Crippen LogP contribution in [0.25, 0.3) is 0 Å². The van der Waals surface area contributed by atoms with Crippen LogP contribution in [0.15, 0.2) is 16.8 Å². The van der Waals surface area contributed by atoms with Gasteiger partial charge in [-0.05, 0) is 13.8 Å². The molecular weight excluding hydrogens is 224 g/mol. The fourth-order valence-corrected chi connectivity index (χ4v) is 1.38. The number of carbonyl (C=O) groups excluding carboxylic acids is 1. The van der Waals surface area contributed by atoms with E-state index in [-0.39, 0.29) is 12.2 Å². The zero-order chi connectivity index (χ0) is 11.6. The number of allylic oxidation sites excluding steroid dienone is 1. The molecule has 1 N–H and O–H groups in total. The number of hydrogen-bond donors (Lipinski definition) is 1. The van der Waals surface area contributed by atoms with Crippen molar-refractivity contribution in [3.63, 3.8) is 0 Å². The monoisotopic (exact) mass is 234 g/mol. The lowest BCUT2D eigenvalue weighted by Crippen LogP contribution is -2.34. The Balaban J connectivity index is 3.02. The molecule has 8 heteroatoms. The molecule has 1 rings (SSSR count). The molecule has 0 fully saturated rings. The quantitative estimate of drug-likeness (QED) is 0.532. The highest BCUT2D eigenvalue weighted by atomic mass is 32.3. The van der Waals surface area contributed by atoms with Gasteiger partial charge in [-0.3, -0.25) is 14.2 Å². The van der Waals surface area contributed by atoms with Crippen molar-refractivity contribution in [1.82, 2.24) is 4.90 Å². The summed E-state index contributed by atoms with van der Waals surface area (Å²) in [7, 11) is -4.66. The lowest BCUT2D eigenvalue weighted by molar-refractivity contribution is -0.122. The third-order valence-electron chi connectivity index (χ3n) is 1.68. The van der Waals surface area contributed by atoms with E-state index in [0.717, 1.165) is 4.90 Å². The molecule has 0 saturated heterocycles. The van der Waals surface area contributed by atoms with Crippen molar-refractivity contribution in [2.75, 3.05) is 6.54 Å². The van der Waals surface area contributed by atoms with Gasteiger partial charge < -0.3 is 4.18 Å². The second-order valence-electron chi connectivity index (χ2n) is 2.63. The minimum absolute atomic E-state index is 0.0792. The highest BCUT2D eigenvalue weighted by molar-refractivity contribution is 7.81. The SMILES string of the molecule is C/C=C1\N=C(OS(=O)(=O)O)N(CC)C1=O. The van der Waals surface area contributed by atoms with E-state index in [2.05, 4.69) is 9.18 Å². The van der Waals surface area contributed by atoms with Crippen LogP contribution in [-0.2, 0) is 19.4 Å². The molecule has 7 nitrogen and oxygen atoms in total. The van der Waals surface area contributed by atoms with Crippen LogP contribution in [0.4, 0.5) is 0 Å². The van der Waals surface area contributed by atoms with Crippen molar-refractivity contribution in [3.05, 3.63) is 11.8 Å². The fourth-order valence-electron chi connectivity index (χ4n) is 1.06. The van der Waals surface area contributed by atoms with Crippen molar-refractivity contribution < 1.29 is 21.9 Å². The Morgan fingerprint density at radius 2 is 2.20 bits per heavy atom. The molecule has 0 aromatic heterocycles. The third-order valence-corrected chi connectivity index (χ3v) is 2.04. The third kappa shape index (κ3) is 2.54. The molecule has 1 heterocycles. The number of nitrogens with zero attached hydrogens (tertiary/aromatic N) is 2. The number of amidine groups is 1. The highest BCUT2D eigenvalue weighted by Gasteiger charge is 2.32. The summed E-state index contributed by atoms with van der Waals surface area (Å²) >= 11 is 0. The molecule has 1 amide bonds. The topological polar surface area (TPSA) is 96.3 Å². The molecular formula is C7H10N2O5S. The average molecular weight is 234 g/mol. The van der Waals surface area contributed by atoms with E-state index < -0.39 is 22.3 Å². The van der Waals surface area contributed by atoms with Gasteiger partial charge >= 0.3 is 16.4 Å². The number of carbonyl (C=O) groups is 1. The van der Waals surface area contributed by atoms with E-state index in [9.17, 15) is 13.2 Å². The highest BCUT2D eigenvalue weighted by Crippen LogP contribution is 2.15. The Hall–Kier alpha value is -1.41. The molecule has 15 heavy (non-hydrogen) atoms. The van der Waals surface area contributed by atoms with E-state index >= 15 is 0 Å². The summed E-state index contributed by atoms with van der Waals surface area (Å²) in [6.07, 6.45) is 1.42. The molecule has 0 aromatic carbocycles. The summed E-state index contributed by atoms with van der Waals surface area (Å²) < 4.78 is 33.5. The Kier molecular flexibility index (Phi) is 3.10. The first kappa shape index (κ1) is 11.7. The summed E-state index contributed by atoms with van der Waals surface area (Å²) in [6, 6.07) is -0.432. The maximum atomic E-state index is 11.5.